The molecule has 0 saturated carbocycles. The first-order chi connectivity index (χ1) is 9.35. The van der Waals surface area contributed by atoms with Crippen LogP contribution in [-0.4, -0.2) is 74.3 Å². The van der Waals surface area contributed by atoms with Crippen LogP contribution in [0.5, 0.6) is 0 Å². The van der Waals surface area contributed by atoms with Gasteiger partial charge in [0.2, 0.25) is 0 Å². The molecule has 0 aliphatic carbocycles. The minimum Gasteiger partial charge on any atom is -0.379 e. The molecule has 2 saturated heterocycles. The third-order valence-electron chi connectivity index (χ3n) is 3.73. The number of aliphatic imine (C=N–C) groups is 1. The summed E-state index contributed by atoms with van der Waals surface area (Å²) in [6.07, 6.45) is 3.06. The van der Waals surface area contributed by atoms with E-state index >= 15 is 0 Å². The molecule has 2 aliphatic heterocycles. The van der Waals surface area contributed by atoms with Crippen LogP contribution in [0.4, 0.5) is 0 Å². The average molecular weight is 266 g/mol. The maximum absolute atomic E-state index is 5.42. The molecule has 5 heteroatoms. The topological polar surface area (TPSA) is 40.1 Å². The van der Waals surface area contributed by atoms with Gasteiger partial charge in [-0.3, -0.25) is 4.90 Å². The van der Waals surface area contributed by atoms with Gasteiger partial charge < -0.3 is 15.0 Å². The molecule has 2 rings (SSSR count). The summed E-state index contributed by atoms with van der Waals surface area (Å²) < 4.78 is 5.42. The molecule has 0 aromatic carbocycles. The van der Waals surface area contributed by atoms with Gasteiger partial charge in [0.25, 0.3) is 0 Å². The Morgan fingerprint density at radius 2 is 2.21 bits per heavy atom. The number of nitrogens with one attached hydrogen (secondary N) is 1. The third-order valence-corrected chi connectivity index (χ3v) is 3.73. The molecule has 5 nitrogen and oxygen atoms in total. The summed E-state index contributed by atoms with van der Waals surface area (Å²) in [6, 6.07) is 0.650. The molecule has 0 aromatic rings. The van der Waals surface area contributed by atoms with Gasteiger partial charge in [0.05, 0.1) is 19.8 Å². The van der Waals surface area contributed by atoms with Crippen LogP contribution in [0.3, 0.4) is 0 Å². The SMILES string of the molecule is C=CCN=C(NCC)N1CCC(N2CCOCC2)C1. The number of morpholine rings is 1. The van der Waals surface area contributed by atoms with Crippen LogP contribution < -0.4 is 5.32 Å². The Bertz CT molecular complexity index is 313. The maximum atomic E-state index is 5.42. The molecule has 1 atom stereocenters. The lowest BCUT2D eigenvalue weighted by molar-refractivity contribution is 0.0195. The fourth-order valence-electron chi connectivity index (χ4n) is 2.75. The zero-order chi connectivity index (χ0) is 13.5. The van der Waals surface area contributed by atoms with E-state index in [0.29, 0.717) is 12.6 Å². The van der Waals surface area contributed by atoms with E-state index in [1.54, 1.807) is 0 Å². The molecule has 0 spiro atoms. The number of ether oxygens (including phenoxy) is 1. The van der Waals surface area contributed by atoms with Crippen LogP contribution in [0.15, 0.2) is 17.6 Å². The van der Waals surface area contributed by atoms with Gasteiger partial charge in [-0.25, -0.2) is 4.99 Å². The lowest BCUT2D eigenvalue weighted by Gasteiger charge is -2.32. The number of nitrogens with zero attached hydrogens (tertiary/aromatic N) is 3. The van der Waals surface area contributed by atoms with Crippen molar-refractivity contribution in [1.29, 1.82) is 0 Å². The summed E-state index contributed by atoms with van der Waals surface area (Å²) in [7, 11) is 0. The molecule has 2 aliphatic rings. The highest BCUT2D eigenvalue weighted by Gasteiger charge is 2.30. The summed E-state index contributed by atoms with van der Waals surface area (Å²) in [5.74, 6) is 1.03. The summed E-state index contributed by atoms with van der Waals surface area (Å²) >= 11 is 0. The lowest BCUT2D eigenvalue weighted by Crippen LogP contribution is -2.46. The van der Waals surface area contributed by atoms with Crippen molar-refractivity contribution in [3.05, 3.63) is 12.7 Å². The number of hydrogen-bond acceptors (Lipinski definition) is 3. The van der Waals surface area contributed by atoms with Crippen LogP contribution in [0, 0.1) is 0 Å². The Kier molecular flexibility index (Phi) is 5.66. The monoisotopic (exact) mass is 266 g/mol. The smallest absolute Gasteiger partial charge is 0.194 e. The van der Waals surface area contributed by atoms with E-state index in [1.807, 2.05) is 6.08 Å². The number of likely N-dealkylation sites (tertiary alicyclic amines) is 1. The Hall–Kier alpha value is -1.07. The molecule has 1 N–H and O–H groups in total. The Labute approximate surface area is 116 Å². The van der Waals surface area contributed by atoms with E-state index in [2.05, 4.69) is 33.6 Å². The second-order valence-electron chi connectivity index (χ2n) is 5.02. The van der Waals surface area contributed by atoms with E-state index in [0.717, 1.165) is 51.9 Å². The van der Waals surface area contributed by atoms with Gasteiger partial charge in [0.1, 0.15) is 0 Å². The van der Waals surface area contributed by atoms with Gasteiger partial charge in [-0.05, 0) is 13.3 Å². The minimum absolute atomic E-state index is 0.650. The normalized spacial score (nSPS) is 25.6. The zero-order valence-electron chi connectivity index (χ0n) is 12.0. The van der Waals surface area contributed by atoms with Crippen molar-refractivity contribution in [2.45, 2.75) is 19.4 Å². The van der Waals surface area contributed by atoms with Crippen molar-refractivity contribution in [1.82, 2.24) is 15.1 Å². The summed E-state index contributed by atoms with van der Waals surface area (Å²) in [4.78, 5) is 9.49. The summed E-state index contributed by atoms with van der Waals surface area (Å²) in [5, 5.41) is 3.37. The molecule has 108 valence electrons. The molecular weight excluding hydrogens is 240 g/mol. The molecule has 19 heavy (non-hydrogen) atoms. The lowest BCUT2D eigenvalue weighted by atomic mass is 10.2. The van der Waals surface area contributed by atoms with Crippen molar-refractivity contribution < 1.29 is 4.74 Å². The van der Waals surface area contributed by atoms with E-state index in [-0.39, 0.29) is 0 Å². The van der Waals surface area contributed by atoms with Gasteiger partial charge in [0, 0.05) is 38.8 Å². The fraction of sp³-hybridized carbons (Fsp3) is 0.786. The predicted octanol–water partition coefficient (Wildman–Crippen LogP) is 0.544. The first kappa shape index (κ1) is 14.3. The molecular formula is C14H26N4O. The van der Waals surface area contributed by atoms with Crippen LogP contribution in [0.25, 0.3) is 0 Å². The Balaban J connectivity index is 1.89. The Morgan fingerprint density at radius 3 is 2.89 bits per heavy atom. The maximum Gasteiger partial charge on any atom is 0.194 e. The molecule has 1 unspecified atom stereocenters. The third kappa shape index (κ3) is 3.94. The van der Waals surface area contributed by atoms with Crippen LogP contribution in [0.1, 0.15) is 13.3 Å². The van der Waals surface area contributed by atoms with Gasteiger partial charge in [-0.15, -0.1) is 6.58 Å². The van der Waals surface area contributed by atoms with Gasteiger partial charge in [0.15, 0.2) is 5.96 Å². The predicted molar refractivity (Wildman–Crippen MR) is 78.5 cm³/mol. The van der Waals surface area contributed by atoms with Crippen molar-refractivity contribution in [3.8, 4) is 0 Å². The molecule has 2 fully saturated rings. The molecule has 0 amide bonds. The molecule has 0 radical (unpaired) electrons. The van der Waals surface area contributed by atoms with E-state index in [4.69, 9.17) is 4.74 Å². The van der Waals surface area contributed by atoms with Crippen LogP contribution >= 0.6 is 0 Å². The van der Waals surface area contributed by atoms with Crippen molar-refractivity contribution in [2.24, 2.45) is 4.99 Å². The van der Waals surface area contributed by atoms with Crippen molar-refractivity contribution in [3.63, 3.8) is 0 Å². The molecule has 0 bridgehead atoms. The van der Waals surface area contributed by atoms with Gasteiger partial charge in [-0.2, -0.15) is 0 Å². The summed E-state index contributed by atoms with van der Waals surface area (Å²) in [5.41, 5.74) is 0. The van der Waals surface area contributed by atoms with Crippen molar-refractivity contribution >= 4 is 5.96 Å². The van der Waals surface area contributed by atoms with Crippen molar-refractivity contribution in [2.75, 3.05) is 52.5 Å². The average Bonchev–Trinajstić information content (AvgIpc) is 2.94. The number of rotatable bonds is 4. The second-order valence-corrected chi connectivity index (χ2v) is 5.02. The quantitative estimate of drug-likeness (QED) is 0.458. The number of hydrogen-bond donors (Lipinski definition) is 1. The zero-order valence-corrected chi connectivity index (χ0v) is 12.0. The summed E-state index contributed by atoms with van der Waals surface area (Å²) in [6.45, 7) is 13.5. The number of guanidine groups is 1. The highest BCUT2D eigenvalue weighted by atomic mass is 16.5. The first-order valence-corrected chi connectivity index (χ1v) is 7.31. The van der Waals surface area contributed by atoms with E-state index in [1.165, 1.54) is 6.42 Å². The van der Waals surface area contributed by atoms with Gasteiger partial charge in [-0.1, -0.05) is 6.08 Å². The fourth-order valence-corrected chi connectivity index (χ4v) is 2.75. The standard InChI is InChI=1S/C14H26N4O/c1-3-6-16-14(15-4-2)18-7-5-13(12-18)17-8-10-19-11-9-17/h3,13H,1,4-12H2,2H3,(H,15,16). The molecule has 0 aromatic heterocycles. The first-order valence-electron chi connectivity index (χ1n) is 7.31. The molecule has 2 heterocycles. The highest BCUT2D eigenvalue weighted by molar-refractivity contribution is 5.80. The van der Waals surface area contributed by atoms with E-state index in [9.17, 15) is 0 Å². The van der Waals surface area contributed by atoms with Gasteiger partial charge >= 0.3 is 0 Å². The van der Waals surface area contributed by atoms with Crippen LogP contribution in [0.2, 0.25) is 0 Å². The van der Waals surface area contributed by atoms with Crippen LogP contribution in [-0.2, 0) is 4.74 Å². The minimum atomic E-state index is 0.650. The van der Waals surface area contributed by atoms with E-state index < -0.39 is 0 Å². The second kappa shape index (κ2) is 7.50. The Morgan fingerprint density at radius 1 is 1.42 bits per heavy atom. The highest BCUT2D eigenvalue weighted by Crippen LogP contribution is 2.17. The largest absolute Gasteiger partial charge is 0.379 e.